The summed E-state index contributed by atoms with van der Waals surface area (Å²) in [7, 11) is -1.40. The summed E-state index contributed by atoms with van der Waals surface area (Å²) in [6, 6.07) is 7.11. The van der Waals surface area contributed by atoms with Gasteiger partial charge < -0.3 is 9.53 Å². The van der Waals surface area contributed by atoms with E-state index in [1.54, 1.807) is 12.1 Å². The maximum Gasteiger partial charge on any atom is 0.184 e. The molecule has 1 unspecified atom stereocenters. The lowest BCUT2D eigenvalue weighted by Crippen LogP contribution is -2.30. The van der Waals surface area contributed by atoms with Crippen LogP contribution in [0, 0.1) is 0 Å². The molecule has 1 heterocycles. The highest BCUT2D eigenvalue weighted by Crippen LogP contribution is 2.20. The number of benzene rings is 1. The van der Waals surface area contributed by atoms with Crippen molar-refractivity contribution in [3.8, 4) is 16.9 Å². The lowest BCUT2D eigenvalue weighted by molar-refractivity contribution is 0.199. The van der Waals surface area contributed by atoms with E-state index in [4.69, 9.17) is 4.43 Å². The fourth-order valence-corrected chi connectivity index (χ4v) is 4.34. The van der Waals surface area contributed by atoms with Crippen LogP contribution in [0.15, 0.2) is 36.7 Å². The molecule has 0 aliphatic carbocycles. The zero-order chi connectivity index (χ0) is 19.0. The summed E-state index contributed by atoms with van der Waals surface area (Å²) in [5.74, 6) is 1.18. The van der Waals surface area contributed by atoms with Gasteiger partial charge >= 0.3 is 0 Å². The molecule has 0 radical (unpaired) electrons. The molecule has 1 N–H and O–H groups in total. The zero-order valence-corrected chi connectivity index (χ0v) is 17.5. The van der Waals surface area contributed by atoms with E-state index in [1.165, 1.54) is 19.3 Å². The number of phenols is 1. The largest absolute Gasteiger partial charge is 0.508 e. The summed E-state index contributed by atoms with van der Waals surface area (Å²) < 4.78 is 6.07. The van der Waals surface area contributed by atoms with Gasteiger partial charge in [-0.1, -0.05) is 31.4 Å². The van der Waals surface area contributed by atoms with Crippen LogP contribution in [0.25, 0.3) is 11.1 Å². The number of hydrogen-bond donors (Lipinski definition) is 1. The first kappa shape index (κ1) is 20.6. The Hall–Kier alpha value is -1.72. The van der Waals surface area contributed by atoms with Crippen molar-refractivity contribution in [3.63, 3.8) is 0 Å². The zero-order valence-electron chi connectivity index (χ0n) is 16.5. The lowest BCUT2D eigenvalue weighted by atomic mass is 10.1. The van der Waals surface area contributed by atoms with E-state index in [-0.39, 0.29) is 5.75 Å². The molecule has 0 fully saturated rings. The molecule has 26 heavy (non-hydrogen) atoms. The number of aromatic nitrogens is 2. The van der Waals surface area contributed by atoms with Gasteiger partial charge in [0.15, 0.2) is 8.32 Å². The van der Waals surface area contributed by atoms with Gasteiger partial charge in [-0.3, -0.25) is 0 Å². The fraction of sp³-hybridized carbons (Fsp3) is 0.524. The molecule has 1 atom stereocenters. The van der Waals surface area contributed by atoms with Gasteiger partial charge in [-0.2, -0.15) is 0 Å². The molecule has 0 aliphatic heterocycles. The van der Waals surface area contributed by atoms with Crippen molar-refractivity contribution in [2.45, 2.75) is 71.2 Å². The van der Waals surface area contributed by atoms with E-state index in [9.17, 15) is 5.11 Å². The Kier molecular flexibility index (Phi) is 7.78. The summed E-state index contributed by atoms with van der Waals surface area (Å²) >= 11 is 0. The number of aryl methyl sites for hydroxylation is 1. The van der Waals surface area contributed by atoms with Gasteiger partial charge in [0, 0.05) is 30.5 Å². The van der Waals surface area contributed by atoms with E-state index in [0.717, 1.165) is 36.2 Å². The molecule has 0 spiro atoms. The minimum absolute atomic E-state index is 0.271. The number of unbranched alkanes of at least 4 members (excludes halogenated alkanes) is 3. The Morgan fingerprint density at radius 3 is 2.15 bits per heavy atom. The minimum atomic E-state index is -1.40. The Morgan fingerprint density at radius 2 is 1.54 bits per heavy atom. The molecule has 2 rings (SSSR count). The molecule has 0 saturated heterocycles. The molecular weight excluding hydrogens is 340 g/mol. The van der Waals surface area contributed by atoms with Crippen LogP contribution < -0.4 is 0 Å². The molecule has 0 bridgehead atoms. The van der Waals surface area contributed by atoms with Crippen molar-refractivity contribution in [2.24, 2.45) is 0 Å². The quantitative estimate of drug-likeness (QED) is 0.437. The number of nitrogens with zero attached hydrogens (tertiary/aromatic N) is 2. The first-order valence-electron chi connectivity index (χ1n) is 9.61. The van der Waals surface area contributed by atoms with E-state index >= 15 is 0 Å². The average Bonchev–Trinajstić information content (AvgIpc) is 2.58. The van der Waals surface area contributed by atoms with E-state index < -0.39 is 8.32 Å². The Labute approximate surface area is 158 Å². The van der Waals surface area contributed by atoms with Crippen molar-refractivity contribution in [1.29, 1.82) is 0 Å². The maximum atomic E-state index is 9.35. The second-order valence-corrected chi connectivity index (χ2v) is 12.4. The number of rotatable bonds is 10. The standard InChI is InChI=1S/C21H32N2O2Si/c1-17(25-26(2,3)4)9-7-5-6-8-10-21-22-15-19(16-23-21)18-11-13-20(24)14-12-18/h11-17,24H,5-10H2,1-4H3. The number of hydrogen-bond acceptors (Lipinski definition) is 4. The summed E-state index contributed by atoms with van der Waals surface area (Å²) in [5, 5.41) is 9.35. The first-order valence-corrected chi connectivity index (χ1v) is 13.0. The third-order valence-corrected chi connectivity index (χ3v) is 5.33. The highest BCUT2D eigenvalue weighted by Gasteiger charge is 2.17. The third-order valence-electron chi connectivity index (χ3n) is 4.22. The number of aromatic hydroxyl groups is 1. The molecule has 142 valence electrons. The molecule has 1 aromatic heterocycles. The van der Waals surface area contributed by atoms with E-state index in [1.807, 2.05) is 24.5 Å². The van der Waals surface area contributed by atoms with Gasteiger partial charge in [0.2, 0.25) is 0 Å². The van der Waals surface area contributed by atoms with Crippen LogP contribution in [0.1, 0.15) is 44.9 Å². The molecule has 0 saturated carbocycles. The van der Waals surface area contributed by atoms with Crippen molar-refractivity contribution in [3.05, 3.63) is 42.5 Å². The van der Waals surface area contributed by atoms with Crippen LogP contribution in [0.5, 0.6) is 5.75 Å². The summed E-state index contributed by atoms with van der Waals surface area (Å²) in [4.78, 5) is 8.95. The molecular formula is C21H32N2O2Si. The Morgan fingerprint density at radius 1 is 0.923 bits per heavy atom. The van der Waals surface area contributed by atoms with Gasteiger partial charge in [-0.25, -0.2) is 9.97 Å². The smallest absolute Gasteiger partial charge is 0.184 e. The van der Waals surface area contributed by atoms with Crippen molar-refractivity contribution < 1.29 is 9.53 Å². The van der Waals surface area contributed by atoms with Crippen LogP contribution >= 0.6 is 0 Å². The van der Waals surface area contributed by atoms with Gasteiger partial charge in [0.25, 0.3) is 0 Å². The van der Waals surface area contributed by atoms with Crippen molar-refractivity contribution in [2.75, 3.05) is 0 Å². The number of phenolic OH excluding ortho intramolecular Hbond substituents is 1. The van der Waals surface area contributed by atoms with Crippen LogP contribution in [-0.4, -0.2) is 29.5 Å². The topological polar surface area (TPSA) is 55.2 Å². The second-order valence-electron chi connectivity index (χ2n) is 7.93. The van der Waals surface area contributed by atoms with Gasteiger partial charge in [0.1, 0.15) is 11.6 Å². The van der Waals surface area contributed by atoms with Crippen LogP contribution in [-0.2, 0) is 10.8 Å². The molecule has 0 amide bonds. The van der Waals surface area contributed by atoms with Gasteiger partial charge in [0.05, 0.1) is 0 Å². The van der Waals surface area contributed by atoms with Gasteiger partial charge in [-0.15, -0.1) is 0 Å². The highest BCUT2D eigenvalue weighted by molar-refractivity contribution is 6.69. The van der Waals surface area contributed by atoms with Crippen LogP contribution in [0.2, 0.25) is 19.6 Å². The van der Waals surface area contributed by atoms with Crippen LogP contribution in [0.3, 0.4) is 0 Å². The lowest BCUT2D eigenvalue weighted by Gasteiger charge is -2.23. The molecule has 4 nitrogen and oxygen atoms in total. The highest BCUT2D eigenvalue weighted by atomic mass is 28.4. The minimum Gasteiger partial charge on any atom is -0.508 e. The normalized spacial score (nSPS) is 12.9. The van der Waals surface area contributed by atoms with Crippen LogP contribution in [0.4, 0.5) is 0 Å². The molecule has 1 aromatic carbocycles. The van der Waals surface area contributed by atoms with Crippen molar-refractivity contribution >= 4 is 8.32 Å². The monoisotopic (exact) mass is 372 g/mol. The maximum absolute atomic E-state index is 9.35. The van der Waals surface area contributed by atoms with Crippen molar-refractivity contribution in [1.82, 2.24) is 9.97 Å². The summed E-state index contributed by atoms with van der Waals surface area (Å²) in [5.41, 5.74) is 1.99. The molecule has 2 aromatic rings. The molecule has 5 heteroatoms. The Bertz CT molecular complexity index is 651. The first-order chi connectivity index (χ1) is 12.3. The SMILES string of the molecule is CC(CCCCCCc1ncc(-c2ccc(O)cc2)cn1)O[Si](C)(C)C. The Balaban J connectivity index is 1.65. The summed E-state index contributed by atoms with van der Waals surface area (Å²) in [6.45, 7) is 8.94. The third kappa shape index (κ3) is 7.66. The van der Waals surface area contributed by atoms with E-state index in [2.05, 4.69) is 36.5 Å². The predicted octanol–water partition coefficient (Wildman–Crippen LogP) is 5.58. The van der Waals surface area contributed by atoms with Gasteiger partial charge in [-0.05, 0) is 57.1 Å². The second kappa shape index (κ2) is 9.83. The summed E-state index contributed by atoms with van der Waals surface area (Å²) in [6.07, 6.45) is 11.0. The van der Waals surface area contributed by atoms with E-state index in [0.29, 0.717) is 6.10 Å². The predicted molar refractivity (Wildman–Crippen MR) is 110 cm³/mol. The molecule has 0 aliphatic rings. The fourth-order valence-electron chi connectivity index (χ4n) is 3.02. The average molecular weight is 373 g/mol.